The molecule has 69 valence electrons. The van der Waals surface area contributed by atoms with Gasteiger partial charge in [0.15, 0.2) is 0 Å². The molecular weight excluding hydrogens is 160 g/mol. The average molecular weight is 175 g/mol. The molecule has 0 amide bonds. The van der Waals surface area contributed by atoms with Crippen LogP contribution in [0.15, 0.2) is 0 Å². The van der Waals surface area contributed by atoms with Crippen LogP contribution in [0, 0.1) is 19.0 Å². The zero-order valence-electron chi connectivity index (χ0n) is 8.30. The minimum atomic E-state index is 0.861. The topological polar surface area (TPSA) is 25.8 Å². The van der Waals surface area contributed by atoms with Crippen molar-refractivity contribution in [2.45, 2.75) is 39.5 Å². The smallest absolute Gasteiger partial charge is 0.129 e. The first-order chi connectivity index (χ1) is 6.29. The van der Waals surface area contributed by atoms with E-state index in [4.69, 9.17) is 0 Å². The first kappa shape index (κ1) is 8.67. The van der Waals surface area contributed by atoms with Crippen LogP contribution in [0.1, 0.15) is 36.8 Å². The maximum Gasteiger partial charge on any atom is 0.129 e. The van der Waals surface area contributed by atoms with Crippen molar-refractivity contribution in [3.05, 3.63) is 23.3 Å². The van der Waals surface area contributed by atoms with E-state index in [-0.39, 0.29) is 0 Å². The van der Waals surface area contributed by atoms with E-state index in [2.05, 4.69) is 23.1 Å². The molecule has 0 bridgehead atoms. The molecule has 0 N–H and O–H groups in total. The molecule has 13 heavy (non-hydrogen) atoms. The maximum atomic E-state index is 4.48. The SMILES string of the molecule is CCc1[c]nc(CC2CC2)nc1C. The van der Waals surface area contributed by atoms with E-state index in [0.29, 0.717) is 0 Å². The van der Waals surface area contributed by atoms with E-state index in [1.54, 1.807) is 0 Å². The van der Waals surface area contributed by atoms with Crippen molar-refractivity contribution in [3.8, 4) is 0 Å². The Bertz CT molecular complexity index is 303. The highest BCUT2D eigenvalue weighted by Crippen LogP contribution is 2.31. The Morgan fingerprint density at radius 1 is 1.46 bits per heavy atom. The lowest BCUT2D eigenvalue weighted by atomic mass is 10.2. The highest BCUT2D eigenvalue weighted by Gasteiger charge is 2.22. The molecule has 1 saturated carbocycles. The van der Waals surface area contributed by atoms with Crippen LogP contribution in [0.3, 0.4) is 0 Å². The second-order valence-corrected chi connectivity index (χ2v) is 3.82. The summed E-state index contributed by atoms with van der Waals surface area (Å²) in [5.74, 6) is 1.84. The summed E-state index contributed by atoms with van der Waals surface area (Å²) in [7, 11) is 0. The molecule has 1 aliphatic rings. The molecule has 2 rings (SSSR count). The second-order valence-electron chi connectivity index (χ2n) is 3.82. The van der Waals surface area contributed by atoms with Crippen LogP contribution < -0.4 is 0 Å². The van der Waals surface area contributed by atoms with Gasteiger partial charge in [0, 0.05) is 17.7 Å². The fourth-order valence-electron chi connectivity index (χ4n) is 1.51. The standard InChI is InChI=1S/C11H15N2/c1-3-10-7-12-11(13-8(10)2)6-9-4-5-9/h9H,3-6H2,1-2H3. The van der Waals surface area contributed by atoms with Crippen molar-refractivity contribution >= 4 is 0 Å². The second kappa shape index (κ2) is 3.44. The molecule has 1 heterocycles. The predicted octanol–water partition coefficient (Wildman–Crippen LogP) is 2.10. The summed E-state index contributed by atoms with van der Waals surface area (Å²) in [5.41, 5.74) is 2.26. The van der Waals surface area contributed by atoms with Gasteiger partial charge in [-0.2, -0.15) is 0 Å². The van der Waals surface area contributed by atoms with E-state index in [9.17, 15) is 0 Å². The van der Waals surface area contributed by atoms with Gasteiger partial charge in [-0.1, -0.05) is 6.92 Å². The zero-order valence-corrected chi connectivity index (χ0v) is 8.30. The van der Waals surface area contributed by atoms with Gasteiger partial charge < -0.3 is 0 Å². The van der Waals surface area contributed by atoms with Crippen LogP contribution in [-0.2, 0) is 12.8 Å². The molecule has 1 aromatic rings. The van der Waals surface area contributed by atoms with Crippen molar-refractivity contribution in [2.24, 2.45) is 5.92 Å². The van der Waals surface area contributed by atoms with Crippen molar-refractivity contribution in [3.63, 3.8) is 0 Å². The van der Waals surface area contributed by atoms with Gasteiger partial charge >= 0.3 is 0 Å². The molecule has 1 aromatic heterocycles. The Morgan fingerprint density at radius 3 is 2.77 bits per heavy atom. The molecule has 1 fully saturated rings. The van der Waals surface area contributed by atoms with E-state index < -0.39 is 0 Å². The number of aryl methyl sites for hydroxylation is 2. The highest BCUT2D eigenvalue weighted by atomic mass is 14.9. The fraction of sp³-hybridized carbons (Fsp3) is 0.636. The Balaban J connectivity index is 2.13. The highest BCUT2D eigenvalue weighted by molar-refractivity contribution is 5.15. The number of hydrogen-bond donors (Lipinski definition) is 0. The monoisotopic (exact) mass is 175 g/mol. The van der Waals surface area contributed by atoms with E-state index in [1.807, 2.05) is 6.92 Å². The molecule has 0 unspecified atom stereocenters. The van der Waals surface area contributed by atoms with Gasteiger partial charge in [0.1, 0.15) is 5.82 Å². The van der Waals surface area contributed by atoms with Gasteiger partial charge in [0.05, 0.1) is 6.20 Å². The molecule has 0 saturated heterocycles. The molecule has 1 radical (unpaired) electrons. The van der Waals surface area contributed by atoms with Crippen LogP contribution in [0.5, 0.6) is 0 Å². The van der Waals surface area contributed by atoms with Gasteiger partial charge in [0.25, 0.3) is 0 Å². The van der Waals surface area contributed by atoms with Crippen LogP contribution in [0.4, 0.5) is 0 Å². The first-order valence-electron chi connectivity index (χ1n) is 5.03. The lowest BCUT2D eigenvalue weighted by Crippen LogP contribution is -2.01. The minimum Gasteiger partial charge on any atom is -0.238 e. The summed E-state index contributed by atoms with van der Waals surface area (Å²) >= 11 is 0. The van der Waals surface area contributed by atoms with Gasteiger partial charge in [0.2, 0.25) is 0 Å². The summed E-state index contributed by atoms with van der Waals surface area (Å²) in [6.45, 7) is 4.16. The Kier molecular flexibility index (Phi) is 2.30. The van der Waals surface area contributed by atoms with Crippen LogP contribution in [-0.4, -0.2) is 9.97 Å². The molecule has 0 aliphatic heterocycles. The Morgan fingerprint density at radius 2 is 2.23 bits per heavy atom. The summed E-state index contributed by atoms with van der Waals surface area (Å²) < 4.78 is 0. The molecule has 0 aromatic carbocycles. The number of rotatable bonds is 3. The molecule has 2 heteroatoms. The summed E-state index contributed by atoms with van der Waals surface area (Å²) in [5, 5.41) is 0. The number of hydrogen-bond acceptors (Lipinski definition) is 2. The Hall–Kier alpha value is -0.920. The lowest BCUT2D eigenvalue weighted by molar-refractivity contribution is 0.755. The number of aromatic nitrogens is 2. The van der Waals surface area contributed by atoms with E-state index >= 15 is 0 Å². The van der Waals surface area contributed by atoms with Crippen molar-refractivity contribution in [1.29, 1.82) is 0 Å². The van der Waals surface area contributed by atoms with Crippen LogP contribution in [0.25, 0.3) is 0 Å². The third-order valence-corrected chi connectivity index (χ3v) is 2.58. The van der Waals surface area contributed by atoms with Crippen molar-refractivity contribution < 1.29 is 0 Å². The summed E-state index contributed by atoms with van der Waals surface area (Å²) in [4.78, 5) is 8.74. The summed E-state index contributed by atoms with van der Waals surface area (Å²) in [6, 6.07) is 0. The number of nitrogens with zero attached hydrogens (tertiary/aromatic N) is 2. The first-order valence-corrected chi connectivity index (χ1v) is 5.03. The van der Waals surface area contributed by atoms with Crippen molar-refractivity contribution in [1.82, 2.24) is 9.97 Å². The van der Waals surface area contributed by atoms with Crippen LogP contribution in [0.2, 0.25) is 0 Å². The van der Waals surface area contributed by atoms with Gasteiger partial charge in [-0.25, -0.2) is 9.97 Å². The maximum absolute atomic E-state index is 4.48. The van der Waals surface area contributed by atoms with Crippen molar-refractivity contribution in [2.75, 3.05) is 0 Å². The van der Waals surface area contributed by atoms with Crippen LogP contribution >= 0.6 is 0 Å². The third-order valence-electron chi connectivity index (χ3n) is 2.58. The van der Waals surface area contributed by atoms with Gasteiger partial charge in [-0.05, 0) is 32.1 Å². The predicted molar refractivity (Wildman–Crippen MR) is 51.4 cm³/mol. The molecule has 0 atom stereocenters. The lowest BCUT2D eigenvalue weighted by Gasteiger charge is -2.02. The van der Waals surface area contributed by atoms with E-state index in [0.717, 1.165) is 35.8 Å². The quantitative estimate of drug-likeness (QED) is 0.703. The van der Waals surface area contributed by atoms with Gasteiger partial charge in [-0.3, -0.25) is 0 Å². The minimum absolute atomic E-state index is 0.861. The summed E-state index contributed by atoms with van der Waals surface area (Å²) in [6.07, 6.45) is 7.83. The largest absolute Gasteiger partial charge is 0.238 e. The molecule has 2 nitrogen and oxygen atoms in total. The zero-order chi connectivity index (χ0) is 9.26. The molecular formula is C11H15N2. The van der Waals surface area contributed by atoms with Gasteiger partial charge in [-0.15, -0.1) is 0 Å². The normalized spacial score (nSPS) is 16.2. The third kappa shape index (κ3) is 2.06. The Labute approximate surface area is 79.4 Å². The van der Waals surface area contributed by atoms with E-state index in [1.165, 1.54) is 12.8 Å². The molecule has 1 aliphatic carbocycles. The molecule has 0 spiro atoms. The average Bonchev–Trinajstić information content (AvgIpc) is 2.89. The fourth-order valence-corrected chi connectivity index (χ4v) is 1.51.